The van der Waals surface area contributed by atoms with Crippen LogP contribution in [0, 0.1) is 0 Å². The van der Waals surface area contributed by atoms with Gasteiger partial charge < -0.3 is 24.2 Å². The summed E-state index contributed by atoms with van der Waals surface area (Å²) in [6.45, 7) is 6.34. The summed E-state index contributed by atoms with van der Waals surface area (Å²) in [6, 6.07) is 3.36. The van der Waals surface area contributed by atoms with E-state index in [1.54, 1.807) is 35.2 Å². The summed E-state index contributed by atoms with van der Waals surface area (Å²) < 4.78 is 13.7. The van der Waals surface area contributed by atoms with Gasteiger partial charge in [-0.2, -0.15) is 4.57 Å². The number of aliphatic hydroxyl groups is 2. The van der Waals surface area contributed by atoms with Gasteiger partial charge >= 0.3 is 5.97 Å². The van der Waals surface area contributed by atoms with Crippen LogP contribution in [0.3, 0.4) is 0 Å². The van der Waals surface area contributed by atoms with Crippen molar-refractivity contribution < 1.29 is 33.5 Å². The van der Waals surface area contributed by atoms with Gasteiger partial charge in [-0.3, -0.25) is 0 Å². The minimum absolute atomic E-state index is 0.182. The molecule has 7 nitrogen and oxygen atoms in total. The number of esters is 1. The summed E-state index contributed by atoms with van der Waals surface area (Å²) in [5, 5.41) is 20.4. The average molecular weight is 380 g/mol. The quantitative estimate of drug-likeness (QED) is 0.302. The summed E-state index contributed by atoms with van der Waals surface area (Å²) in [4.78, 5) is 12.6. The number of quaternary nitrogens is 1. The highest BCUT2D eigenvalue weighted by molar-refractivity contribution is 5.88. The number of pyridine rings is 1. The Morgan fingerprint density at radius 3 is 2.70 bits per heavy atom. The van der Waals surface area contributed by atoms with Crippen molar-refractivity contribution in [3.8, 4) is 0 Å². The van der Waals surface area contributed by atoms with Crippen LogP contribution in [0.4, 0.5) is 0 Å². The first-order valence-electron chi connectivity index (χ1n) is 9.31. The van der Waals surface area contributed by atoms with Gasteiger partial charge in [-0.25, -0.2) is 4.79 Å². The Bertz CT molecular complexity index is 658. The van der Waals surface area contributed by atoms with Gasteiger partial charge in [-0.1, -0.05) is 13.0 Å². The highest BCUT2D eigenvalue weighted by Gasteiger charge is 2.47. The topological polar surface area (TPSA) is 79.9 Å². The standard InChI is InChI=1S/C20H32N2O5/c1-6-9-16-17(23)18(24)19(27-16)21-11-8-10-14(12-21)20(25)26-15(7-2)13-22(3,4)5/h6,8,10-12,15-19,23-24H,1,7,9,13H2,2-5H3/q+2/t15-,16-,17-,18-,19-/m1/s1. The van der Waals surface area contributed by atoms with Crippen LogP contribution in [-0.4, -0.2) is 72.8 Å². The van der Waals surface area contributed by atoms with Crippen LogP contribution in [0.25, 0.3) is 0 Å². The van der Waals surface area contributed by atoms with Crippen molar-refractivity contribution in [3.05, 3.63) is 42.7 Å². The van der Waals surface area contributed by atoms with Gasteiger partial charge in [0.25, 0.3) is 6.23 Å². The summed E-state index contributed by atoms with van der Waals surface area (Å²) in [7, 11) is 6.16. The Morgan fingerprint density at radius 2 is 2.11 bits per heavy atom. The van der Waals surface area contributed by atoms with Crippen molar-refractivity contribution in [2.24, 2.45) is 0 Å². The predicted octanol–water partition coefficient (Wildman–Crippen LogP) is 0.811. The lowest BCUT2D eigenvalue weighted by Gasteiger charge is -2.28. The molecule has 150 valence electrons. The molecular formula is C20H32N2O5+2. The number of hydrogen-bond acceptors (Lipinski definition) is 5. The van der Waals surface area contributed by atoms with Gasteiger partial charge in [0, 0.05) is 6.07 Å². The fraction of sp³-hybridized carbons (Fsp3) is 0.600. The molecule has 1 saturated heterocycles. The maximum Gasteiger partial charge on any atom is 0.344 e. The van der Waals surface area contributed by atoms with Crippen LogP contribution in [-0.2, 0) is 9.47 Å². The summed E-state index contributed by atoms with van der Waals surface area (Å²) >= 11 is 0. The molecule has 0 unspecified atom stereocenters. The zero-order valence-electron chi connectivity index (χ0n) is 16.6. The van der Waals surface area contributed by atoms with E-state index < -0.39 is 30.5 Å². The molecule has 0 aromatic carbocycles. The van der Waals surface area contributed by atoms with Crippen molar-refractivity contribution in [2.75, 3.05) is 27.7 Å². The number of aliphatic hydroxyl groups excluding tert-OH is 2. The van der Waals surface area contributed by atoms with E-state index in [0.29, 0.717) is 16.5 Å². The number of nitrogens with zero attached hydrogens (tertiary/aromatic N) is 2. The van der Waals surface area contributed by atoms with Crippen LogP contribution < -0.4 is 4.57 Å². The van der Waals surface area contributed by atoms with Crippen LogP contribution in [0.5, 0.6) is 0 Å². The first-order valence-corrected chi connectivity index (χ1v) is 9.31. The van der Waals surface area contributed by atoms with Gasteiger partial charge in [0.15, 0.2) is 24.6 Å². The lowest BCUT2D eigenvalue weighted by molar-refractivity contribution is -0.873. The minimum atomic E-state index is -1.09. The number of rotatable bonds is 8. The molecule has 27 heavy (non-hydrogen) atoms. The molecule has 2 N–H and O–H groups in total. The van der Waals surface area contributed by atoms with Crippen LogP contribution in [0.2, 0.25) is 0 Å². The lowest BCUT2D eigenvalue weighted by Crippen LogP contribution is -2.46. The first kappa shape index (κ1) is 21.5. The van der Waals surface area contributed by atoms with E-state index in [4.69, 9.17) is 9.47 Å². The number of carbonyl (C=O) groups excluding carboxylic acids is 1. The average Bonchev–Trinajstić information content (AvgIpc) is 2.89. The zero-order chi connectivity index (χ0) is 20.2. The van der Waals surface area contributed by atoms with Crippen LogP contribution in [0.1, 0.15) is 36.4 Å². The molecule has 0 spiro atoms. The third-order valence-electron chi connectivity index (χ3n) is 4.57. The number of aromatic nitrogens is 1. The van der Waals surface area contributed by atoms with Crippen molar-refractivity contribution >= 4 is 5.97 Å². The third kappa shape index (κ3) is 5.59. The second kappa shape index (κ2) is 8.93. The van der Waals surface area contributed by atoms with Crippen molar-refractivity contribution in [3.63, 3.8) is 0 Å². The van der Waals surface area contributed by atoms with E-state index in [1.165, 1.54) is 0 Å². The highest BCUT2D eigenvalue weighted by Crippen LogP contribution is 2.27. The molecule has 0 bridgehead atoms. The molecule has 0 amide bonds. The highest BCUT2D eigenvalue weighted by atomic mass is 16.6. The van der Waals surface area contributed by atoms with E-state index in [-0.39, 0.29) is 6.10 Å². The monoisotopic (exact) mass is 380 g/mol. The van der Waals surface area contributed by atoms with Crippen molar-refractivity contribution in [1.29, 1.82) is 0 Å². The van der Waals surface area contributed by atoms with E-state index >= 15 is 0 Å². The summed E-state index contributed by atoms with van der Waals surface area (Å²) in [6.07, 6.45) is 2.49. The van der Waals surface area contributed by atoms with E-state index in [9.17, 15) is 15.0 Å². The molecule has 2 rings (SSSR count). The van der Waals surface area contributed by atoms with Crippen LogP contribution >= 0.6 is 0 Å². The number of carbonyl (C=O) groups is 1. The van der Waals surface area contributed by atoms with Crippen LogP contribution in [0.15, 0.2) is 37.2 Å². The molecule has 1 aliphatic heterocycles. The molecular weight excluding hydrogens is 348 g/mol. The predicted molar refractivity (Wildman–Crippen MR) is 99.8 cm³/mol. The Balaban J connectivity index is 2.12. The van der Waals surface area contributed by atoms with Gasteiger partial charge in [0.2, 0.25) is 0 Å². The van der Waals surface area contributed by atoms with Crippen molar-refractivity contribution in [1.82, 2.24) is 0 Å². The van der Waals surface area contributed by atoms with Gasteiger partial charge in [0.1, 0.15) is 18.2 Å². The number of hydrogen-bond donors (Lipinski definition) is 2. The van der Waals surface area contributed by atoms with Gasteiger partial charge in [0.05, 0.1) is 27.2 Å². The van der Waals surface area contributed by atoms with E-state index in [2.05, 4.69) is 27.7 Å². The summed E-state index contributed by atoms with van der Waals surface area (Å²) in [5.41, 5.74) is 0.370. The number of ether oxygens (including phenoxy) is 2. The van der Waals surface area contributed by atoms with E-state index in [1.807, 2.05) is 6.92 Å². The number of likely N-dealkylation sites (N-methyl/N-ethyl adjacent to an activating group) is 1. The molecule has 7 heteroatoms. The Kier molecular flexibility index (Phi) is 7.11. The maximum absolute atomic E-state index is 12.6. The molecule has 2 heterocycles. The fourth-order valence-corrected chi connectivity index (χ4v) is 3.19. The minimum Gasteiger partial charge on any atom is -0.453 e. The fourth-order valence-electron chi connectivity index (χ4n) is 3.19. The second-order valence-corrected chi connectivity index (χ2v) is 8.02. The first-order chi connectivity index (χ1) is 12.7. The second-order valence-electron chi connectivity index (χ2n) is 8.02. The maximum atomic E-state index is 12.6. The van der Waals surface area contributed by atoms with E-state index in [0.717, 1.165) is 13.0 Å². The molecule has 1 aromatic rings. The zero-order valence-corrected chi connectivity index (χ0v) is 16.6. The molecule has 0 saturated carbocycles. The lowest BCUT2D eigenvalue weighted by atomic mass is 10.1. The Morgan fingerprint density at radius 1 is 1.41 bits per heavy atom. The molecule has 1 fully saturated rings. The largest absolute Gasteiger partial charge is 0.453 e. The van der Waals surface area contributed by atoms with Crippen molar-refractivity contribution in [2.45, 2.75) is 50.4 Å². The molecule has 1 aliphatic rings. The normalized spacial score (nSPS) is 26.6. The molecule has 0 aliphatic carbocycles. The Hall–Kier alpha value is -1.80. The molecule has 5 atom stereocenters. The third-order valence-corrected chi connectivity index (χ3v) is 4.57. The smallest absolute Gasteiger partial charge is 0.344 e. The van der Waals surface area contributed by atoms with Gasteiger partial charge in [-0.05, 0) is 18.9 Å². The molecule has 0 radical (unpaired) electrons. The Labute approximate surface area is 161 Å². The summed E-state index contributed by atoms with van der Waals surface area (Å²) in [5.74, 6) is -0.416. The van der Waals surface area contributed by atoms with Gasteiger partial charge in [-0.15, -0.1) is 6.58 Å². The SMILES string of the molecule is C=CC[C@H]1O[C@@H]([n+]2cccc(C(=O)O[C@H](CC)C[N+](C)(C)C)c2)[C@H](O)[C@@H]1O. The molecule has 1 aromatic heterocycles.